The third kappa shape index (κ3) is 4.51. The van der Waals surface area contributed by atoms with Gasteiger partial charge in [0.15, 0.2) is 0 Å². The van der Waals surface area contributed by atoms with Crippen molar-refractivity contribution < 1.29 is 19.4 Å². The molecule has 2 rings (SSSR count). The highest BCUT2D eigenvalue weighted by atomic mass is 16.5. The van der Waals surface area contributed by atoms with E-state index in [1.54, 1.807) is 0 Å². The molecule has 1 saturated heterocycles. The van der Waals surface area contributed by atoms with Gasteiger partial charge in [-0.2, -0.15) is 0 Å². The first-order valence-electron chi connectivity index (χ1n) is 7.89. The van der Waals surface area contributed by atoms with Crippen molar-refractivity contribution in [1.29, 1.82) is 0 Å². The number of pyridine rings is 1. The number of amides is 1. The van der Waals surface area contributed by atoms with Crippen molar-refractivity contribution in [2.24, 2.45) is 11.3 Å². The highest BCUT2D eigenvalue weighted by Gasteiger charge is 2.35. The molecule has 0 aromatic carbocycles. The average Bonchev–Trinajstić information content (AvgIpc) is 2.52. The molecule has 1 aliphatic rings. The van der Waals surface area contributed by atoms with E-state index in [0.29, 0.717) is 6.54 Å². The standard InChI is InChI=1S/C17H24N2O4/c1-17(2,3)14-11(6-5-9-23-14)10-18-15(20)12-7-4-8-13(19-12)16(21)22/h4,7-8,11,14H,5-6,9-10H2,1-3H3,(H,18,20)(H,21,22). The van der Waals surface area contributed by atoms with Gasteiger partial charge in [-0.1, -0.05) is 26.8 Å². The molecular weight excluding hydrogens is 296 g/mol. The number of carboxylic acid groups (broad SMARTS) is 1. The van der Waals surface area contributed by atoms with Crippen molar-refractivity contribution in [1.82, 2.24) is 10.3 Å². The SMILES string of the molecule is CC(C)(C)C1OCCCC1CNC(=O)c1cccc(C(=O)O)n1. The molecule has 1 aliphatic heterocycles. The topological polar surface area (TPSA) is 88.5 Å². The monoisotopic (exact) mass is 320 g/mol. The molecule has 2 unspecified atom stereocenters. The first-order valence-corrected chi connectivity index (χ1v) is 7.89. The van der Waals surface area contributed by atoms with E-state index in [4.69, 9.17) is 9.84 Å². The number of carboxylic acids is 1. The van der Waals surface area contributed by atoms with Crippen LogP contribution in [-0.4, -0.2) is 41.2 Å². The average molecular weight is 320 g/mol. The van der Waals surface area contributed by atoms with Gasteiger partial charge in [-0.3, -0.25) is 4.79 Å². The maximum absolute atomic E-state index is 12.2. The van der Waals surface area contributed by atoms with Crippen LogP contribution in [0.15, 0.2) is 18.2 Å². The van der Waals surface area contributed by atoms with Crippen molar-refractivity contribution >= 4 is 11.9 Å². The fourth-order valence-electron chi connectivity index (χ4n) is 3.00. The highest BCUT2D eigenvalue weighted by molar-refractivity contribution is 5.94. The molecule has 2 heterocycles. The molecular formula is C17H24N2O4. The minimum Gasteiger partial charge on any atom is -0.477 e. The third-order valence-corrected chi connectivity index (χ3v) is 4.02. The highest BCUT2D eigenvalue weighted by Crippen LogP contribution is 2.33. The number of aromatic carboxylic acids is 1. The number of hydrogen-bond acceptors (Lipinski definition) is 4. The van der Waals surface area contributed by atoms with E-state index in [1.807, 2.05) is 0 Å². The first kappa shape index (κ1) is 17.4. The summed E-state index contributed by atoms with van der Waals surface area (Å²) in [6, 6.07) is 4.40. The summed E-state index contributed by atoms with van der Waals surface area (Å²) in [6.07, 6.45) is 2.08. The maximum Gasteiger partial charge on any atom is 0.354 e. The van der Waals surface area contributed by atoms with Gasteiger partial charge in [0.1, 0.15) is 11.4 Å². The molecule has 1 fully saturated rings. The summed E-state index contributed by atoms with van der Waals surface area (Å²) in [6.45, 7) is 7.66. The second-order valence-corrected chi connectivity index (χ2v) is 6.98. The Kier molecular flexibility index (Phi) is 5.36. The zero-order valence-corrected chi connectivity index (χ0v) is 13.8. The Bertz CT molecular complexity index is 580. The predicted octanol–water partition coefficient (Wildman–Crippen LogP) is 2.35. The lowest BCUT2D eigenvalue weighted by atomic mass is 9.78. The summed E-state index contributed by atoms with van der Waals surface area (Å²) < 4.78 is 5.90. The molecule has 6 nitrogen and oxygen atoms in total. The second kappa shape index (κ2) is 7.08. The third-order valence-electron chi connectivity index (χ3n) is 4.02. The number of nitrogens with one attached hydrogen (secondary N) is 1. The van der Waals surface area contributed by atoms with E-state index in [9.17, 15) is 9.59 Å². The maximum atomic E-state index is 12.2. The summed E-state index contributed by atoms with van der Waals surface area (Å²) in [5, 5.41) is 11.8. The quantitative estimate of drug-likeness (QED) is 0.889. The minimum absolute atomic E-state index is 0.0112. The van der Waals surface area contributed by atoms with Crippen molar-refractivity contribution in [3.05, 3.63) is 29.6 Å². The summed E-state index contributed by atoms with van der Waals surface area (Å²) in [5.74, 6) is -1.25. The number of rotatable bonds is 4. The van der Waals surface area contributed by atoms with Crippen molar-refractivity contribution in [2.45, 2.75) is 39.7 Å². The van der Waals surface area contributed by atoms with Crippen LogP contribution in [0.5, 0.6) is 0 Å². The van der Waals surface area contributed by atoms with Gasteiger partial charge < -0.3 is 15.2 Å². The Morgan fingerprint density at radius 2 is 2.04 bits per heavy atom. The smallest absolute Gasteiger partial charge is 0.354 e. The molecule has 0 bridgehead atoms. The number of carbonyl (C=O) groups is 2. The summed E-state index contributed by atoms with van der Waals surface area (Å²) in [5.41, 5.74) is -0.00255. The van der Waals surface area contributed by atoms with E-state index >= 15 is 0 Å². The van der Waals surface area contributed by atoms with E-state index in [-0.39, 0.29) is 34.7 Å². The number of hydrogen-bond donors (Lipinski definition) is 2. The molecule has 1 amide bonds. The van der Waals surface area contributed by atoms with E-state index in [2.05, 4.69) is 31.1 Å². The fraction of sp³-hybridized carbons (Fsp3) is 0.588. The Balaban J connectivity index is 2.00. The van der Waals surface area contributed by atoms with Crippen LogP contribution in [0.4, 0.5) is 0 Å². The Morgan fingerprint density at radius 1 is 1.35 bits per heavy atom. The van der Waals surface area contributed by atoms with Crippen LogP contribution < -0.4 is 5.32 Å². The van der Waals surface area contributed by atoms with Crippen molar-refractivity contribution in [2.75, 3.05) is 13.2 Å². The summed E-state index contributed by atoms with van der Waals surface area (Å²) in [4.78, 5) is 27.0. The van der Waals surface area contributed by atoms with E-state index in [0.717, 1.165) is 19.4 Å². The molecule has 2 N–H and O–H groups in total. The lowest BCUT2D eigenvalue weighted by Crippen LogP contribution is -2.45. The van der Waals surface area contributed by atoms with Crippen LogP contribution in [-0.2, 0) is 4.74 Å². The number of aromatic nitrogens is 1. The molecule has 126 valence electrons. The molecule has 1 aromatic heterocycles. The van der Waals surface area contributed by atoms with E-state index in [1.165, 1.54) is 18.2 Å². The normalized spacial score (nSPS) is 21.7. The molecule has 6 heteroatoms. The first-order chi connectivity index (χ1) is 10.8. The predicted molar refractivity (Wildman–Crippen MR) is 85.4 cm³/mol. The molecule has 2 atom stereocenters. The lowest BCUT2D eigenvalue weighted by Gasteiger charge is -2.40. The number of carbonyl (C=O) groups excluding carboxylic acids is 1. The summed E-state index contributed by atoms with van der Waals surface area (Å²) in [7, 11) is 0. The molecule has 0 saturated carbocycles. The van der Waals surface area contributed by atoms with Crippen LogP contribution in [0, 0.1) is 11.3 Å². The molecule has 1 aromatic rings. The zero-order chi connectivity index (χ0) is 17.0. The zero-order valence-electron chi connectivity index (χ0n) is 13.8. The van der Waals surface area contributed by atoms with Crippen LogP contribution in [0.25, 0.3) is 0 Å². The Labute approximate surface area is 136 Å². The van der Waals surface area contributed by atoms with Crippen LogP contribution in [0.3, 0.4) is 0 Å². The molecule has 0 aliphatic carbocycles. The van der Waals surface area contributed by atoms with Crippen LogP contribution in [0.2, 0.25) is 0 Å². The van der Waals surface area contributed by atoms with Crippen molar-refractivity contribution in [3.8, 4) is 0 Å². The van der Waals surface area contributed by atoms with Gasteiger partial charge >= 0.3 is 5.97 Å². The largest absolute Gasteiger partial charge is 0.477 e. The van der Waals surface area contributed by atoms with Crippen LogP contribution >= 0.6 is 0 Å². The van der Waals surface area contributed by atoms with Crippen LogP contribution in [0.1, 0.15) is 54.6 Å². The fourth-order valence-corrected chi connectivity index (χ4v) is 3.00. The lowest BCUT2D eigenvalue weighted by molar-refractivity contribution is -0.0839. The van der Waals surface area contributed by atoms with Gasteiger partial charge in [0.25, 0.3) is 5.91 Å². The second-order valence-electron chi connectivity index (χ2n) is 6.98. The summed E-state index contributed by atoms with van der Waals surface area (Å²) >= 11 is 0. The van der Waals surface area contributed by atoms with Gasteiger partial charge in [0.05, 0.1) is 6.10 Å². The molecule has 0 spiro atoms. The van der Waals surface area contributed by atoms with Crippen molar-refractivity contribution in [3.63, 3.8) is 0 Å². The minimum atomic E-state index is -1.15. The van der Waals surface area contributed by atoms with Gasteiger partial charge in [-0.15, -0.1) is 0 Å². The number of nitrogens with zero attached hydrogens (tertiary/aromatic N) is 1. The number of ether oxygens (including phenoxy) is 1. The van der Waals surface area contributed by atoms with Gasteiger partial charge in [0.2, 0.25) is 0 Å². The Hall–Kier alpha value is -1.95. The van der Waals surface area contributed by atoms with Gasteiger partial charge in [0, 0.05) is 19.1 Å². The van der Waals surface area contributed by atoms with Gasteiger partial charge in [-0.25, -0.2) is 9.78 Å². The Morgan fingerprint density at radius 3 is 2.70 bits per heavy atom. The van der Waals surface area contributed by atoms with E-state index < -0.39 is 5.97 Å². The molecule has 0 radical (unpaired) electrons. The van der Waals surface area contributed by atoms with Gasteiger partial charge in [-0.05, 0) is 30.4 Å². The molecule has 23 heavy (non-hydrogen) atoms.